The van der Waals surface area contributed by atoms with Crippen LogP contribution in [0.15, 0.2) is 28.7 Å². The van der Waals surface area contributed by atoms with E-state index in [1.54, 1.807) is 10.7 Å². The minimum absolute atomic E-state index is 0. The first-order chi connectivity index (χ1) is 14.9. The van der Waals surface area contributed by atoms with E-state index in [0.29, 0.717) is 29.8 Å². The number of nitrogens with one attached hydrogen (secondary N) is 1. The van der Waals surface area contributed by atoms with Gasteiger partial charge in [0.05, 0.1) is 12.2 Å². The van der Waals surface area contributed by atoms with E-state index in [1.807, 2.05) is 39.0 Å². The number of carbonyl (C=O) groups excluding carboxylic acids is 1. The fourth-order valence-electron chi connectivity index (χ4n) is 3.78. The Bertz CT molecular complexity index is 1080. The normalized spacial score (nSPS) is 15.2. The zero-order valence-corrected chi connectivity index (χ0v) is 19.8. The smallest absolute Gasteiger partial charge is 0.239 e. The second-order valence-electron chi connectivity index (χ2n) is 8.17. The van der Waals surface area contributed by atoms with E-state index in [4.69, 9.17) is 4.42 Å². The molecule has 4 heterocycles. The van der Waals surface area contributed by atoms with Crippen LogP contribution in [0.4, 0.5) is 5.82 Å². The highest BCUT2D eigenvalue weighted by Crippen LogP contribution is 2.22. The van der Waals surface area contributed by atoms with Crippen molar-refractivity contribution in [1.29, 1.82) is 0 Å². The number of nitrogens with zero attached hydrogens (tertiary/aromatic N) is 6. The Labute approximate surface area is 194 Å². The number of rotatable bonds is 5. The number of halogens is 1. The van der Waals surface area contributed by atoms with Crippen molar-refractivity contribution in [1.82, 2.24) is 29.5 Å². The lowest BCUT2D eigenvalue weighted by molar-refractivity contribution is -0.117. The van der Waals surface area contributed by atoms with E-state index >= 15 is 0 Å². The molecule has 3 aromatic rings. The minimum Gasteiger partial charge on any atom is -0.458 e. The van der Waals surface area contributed by atoms with Gasteiger partial charge in [-0.25, -0.2) is 14.6 Å². The Hall–Kier alpha value is -2.75. The second kappa shape index (κ2) is 10.2. The number of furan rings is 1. The molecule has 0 saturated carbocycles. The van der Waals surface area contributed by atoms with Crippen molar-refractivity contribution < 1.29 is 9.21 Å². The van der Waals surface area contributed by atoms with Crippen LogP contribution in [0.5, 0.6) is 0 Å². The predicted octanol–water partition coefficient (Wildman–Crippen LogP) is 2.85. The van der Waals surface area contributed by atoms with Crippen molar-refractivity contribution in [2.24, 2.45) is 0 Å². The molecule has 0 spiro atoms. The average molecular weight is 460 g/mol. The van der Waals surface area contributed by atoms with Crippen LogP contribution in [0.3, 0.4) is 0 Å². The standard InChI is InChI=1S/C22H29N7O2.ClH/c1-15-12-16(2)29(26-15)20-13-19(24-22(25-20)18-7-6-17(3)31-18)23-21(30)14-28-9-5-8-27(4)10-11-28;/h6-7,12-13H,5,8-11,14H2,1-4H3,(H,23,24,25,30);1H. The summed E-state index contributed by atoms with van der Waals surface area (Å²) in [6, 6.07) is 7.42. The van der Waals surface area contributed by atoms with E-state index in [2.05, 4.69) is 37.2 Å². The summed E-state index contributed by atoms with van der Waals surface area (Å²) in [5.41, 5.74) is 1.84. The van der Waals surface area contributed by atoms with E-state index in [9.17, 15) is 4.79 Å². The number of likely N-dealkylation sites (N-methyl/N-ethyl adjacent to an activating group) is 1. The molecule has 0 unspecified atom stereocenters. The summed E-state index contributed by atoms with van der Waals surface area (Å²) in [7, 11) is 2.11. The molecule has 10 heteroatoms. The SMILES string of the molecule is Cc1cc(C)n(-c2cc(NC(=O)CN3CCCN(C)CC3)nc(-c3ccc(C)o3)n2)n1.Cl. The number of hydrogen-bond donors (Lipinski definition) is 1. The predicted molar refractivity (Wildman–Crippen MR) is 125 cm³/mol. The molecule has 0 aromatic carbocycles. The topological polar surface area (TPSA) is 92.3 Å². The fourth-order valence-corrected chi connectivity index (χ4v) is 3.78. The Kier molecular flexibility index (Phi) is 7.65. The van der Waals surface area contributed by atoms with E-state index < -0.39 is 0 Å². The third kappa shape index (κ3) is 5.73. The molecule has 3 aromatic heterocycles. The number of hydrogen-bond acceptors (Lipinski definition) is 7. The molecule has 1 aliphatic rings. The monoisotopic (exact) mass is 459 g/mol. The molecule has 1 fully saturated rings. The molecule has 0 bridgehead atoms. The lowest BCUT2D eigenvalue weighted by Gasteiger charge is -2.19. The first-order valence-corrected chi connectivity index (χ1v) is 10.6. The average Bonchev–Trinajstić information content (AvgIpc) is 3.23. The molecule has 1 saturated heterocycles. The molecular weight excluding hydrogens is 430 g/mol. The van der Waals surface area contributed by atoms with Gasteiger partial charge >= 0.3 is 0 Å². The second-order valence-corrected chi connectivity index (χ2v) is 8.17. The number of carbonyl (C=O) groups is 1. The fraction of sp³-hybridized carbons (Fsp3) is 0.455. The first-order valence-electron chi connectivity index (χ1n) is 10.6. The summed E-state index contributed by atoms with van der Waals surface area (Å²) in [6.07, 6.45) is 1.06. The minimum atomic E-state index is -0.0934. The van der Waals surface area contributed by atoms with Crippen LogP contribution < -0.4 is 5.32 Å². The summed E-state index contributed by atoms with van der Waals surface area (Å²) >= 11 is 0. The van der Waals surface area contributed by atoms with Gasteiger partial charge in [0, 0.05) is 24.8 Å². The number of aryl methyl sites for hydroxylation is 3. The van der Waals surface area contributed by atoms with Crippen molar-refractivity contribution in [3.05, 3.63) is 41.4 Å². The molecule has 0 atom stereocenters. The van der Waals surface area contributed by atoms with Gasteiger partial charge in [0.15, 0.2) is 17.4 Å². The van der Waals surface area contributed by atoms with Crippen LogP contribution in [0.1, 0.15) is 23.6 Å². The van der Waals surface area contributed by atoms with Crippen molar-refractivity contribution in [3.8, 4) is 17.4 Å². The summed E-state index contributed by atoms with van der Waals surface area (Å²) in [5.74, 6) is 2.64. The Morgan fingerprint density at radius 3 is 2.59 bits per heavy atom. The third-order valence-corrected chi connectivity index (χ3v) is 5.35. The molecule has 0 aliphatic carbocycles. The number of anilines is 1. The highest BCUT2D eigenvalue weighted by molar-refractivity contribution is 5.91. The zero-order chi connectivity index (χ0) is 22.0. The van der Waals surface area contributed by atoms with Gasteiger partial charge in [-0.1, -0.05) is 0 Å². The third-order valence-electron chi connectivity index (χ3n) is 5.35. The molecule has 9 nitrogen and oxygen atoms in total. The van der Waals surface area contributed by atoms with Gasteiger partial charge in [-0.3, -0.25) is 9.69 Å². The van der Waals surface area contributed by atoms with Crippen LogP contribution in [0.2, 0.25) is 0 Å². The Morgan fingerprint density at radius 2 is 1.91 bits per heavy atom. The number of amides is 1. The molecule has 1 aliphatic heterocycles. The van der Waals surface area contributed by atoms with Gasteiger partial charge in [0.2, 0.25) is 5.91 Å². The largest absolute Gasteiger partial charge is 0.458 e. The van der Waals surface area contributed by atoms with E-state index in [-0.39, 0.29) is 18.3 Å². The molecule has 1 N–H and O–H groups in total. The summed E-state index contributed by atoms with van der Waals surface area (Å²) in [4.78, 5) is 26.4. The van der Waals surface area contributed by atoms with Gasteiger partial charge in [-0.15, -0.1) is 12.4 Å². The van der Waals surface area contributed by atoms with Crippen LogP contribution in [-0.4, -0.2) is 75.2 Å². The van der Waals surface area contributed by atoms with Crippen LogP contribution in [0, 0.1) is 20.8 Å². The highest BCUT2D eigenvalue weighted by Gasteiger charge is 2.18. The van der Waals surface area contributed by atoms with Crippen LogP contribution in [0.25, 0.3) is 17.4 Å². The van der Waals surface area contributed by atoms with Gasteiger partial charge in [0.1, 0.15) is 11.6 Å². The van der Waals surface area contributed by atoms with Crippen molar-refractivity contribution in [2.45, 2.75) is 27.2 Å². The molecule has 172 valence electrons. The summed E-state index contributed by atoms with van der Waals surface area (Å²) in [5, 5.41) is 7.47. The first kappa shape index (κ1) is 23.9. The lowest BCUT2D eigenvalue weighted by atomic mass is 10.3. The van der Waals surface area contributed by atoms with Gasteiger partial charge in [-0.2, -0.15) is 5.10 Å². The van der Waals surface area contributed by atoms with Crippen LogP contribution >= 0.6 is 12.4 Å². The van der Waals surface area contributed by atoms with Crippen molar-refractivity contribution in [3.63, 3.8) is 0 Å². The van der Waals surface area contributed by atoms with Gasteiger partial charge < -0.3 is 14.6 Å². The quantitative estimate of drug-likeness (QED) is 0.627. The molecule has 4 rings (SSSR count). The maximum atomic E-state index is 12.8. The lowest BCUT2D eigenvalue weighted by Crippen LogP contribution is -2.36. The van der Waals surface area contributed by atoms with E-state index in [1.165, 1.54) is 0 Å². The maximum Gasteiger partial charge on any atom is 0.239 e. The van der Waals surface area contributed by atoms with Crippen LogP contribution in [-0.2, 0) is 4.79 Å². The molecule has 0 radical (unpaired) electrons. The summed E-state index contributed by atoms with van der Waals surface area (Å²) < 4.78 is 7.47. The van der Waals surface area contributed by atoms with Gasteiger partial charge in [0.25, 0.3) is 0 Å². The van der Waals surface area contributed by atoms with Gasteiger partial charge in [-0.05, 0) is 65.5 Å². The molecule has 32 heavy (non-hydrogen) atoms. The Balaban J connectivity index is 0.00000289. The summed E-state index contributed by atoms with van der Waals surface area (Å²) in [6.45, 7) is 9.91. The van der Waals surface area contributed by atoms with Crippen molar-refractivity contribution in [2.75, 3.05) is 45.1 Å². The zero-order valence-electron chi connectivity index (χ0n) is 19.0. The highest BCUT2D eigenvalue weighted by atomic mass is 35.5. The Morgan fingerprint density at radius 1 is 1.09 bits per heavy atom. The van der Waals surface area contributed by atoms with E-state index in [0.717, 1.165) is 49.7 Å². The number of aromatic nitrogens is 4. The van der Waals surface area contributed by atoms with Crippen molar-refractivity contribution >= 4 is 24.1 Å². The maximum absolute atomic E-state index is 12.8. The molecular formula is C22H30ClN7O2. The molecule has 1 amide bonds.